The Balaban J connectivity index is 1.67. The maximum atomic E-state index is 12.3. The number of nitrogens with one attached hydrogen (secondary N) is 3. The Bertz CT molecular complexity index is 900. The number of nitrogens with zero attached hydrogens (tertiary/aromatic N) is 2. The summed E-state index contributed by atoms with van der Waals surface area (Å²) in [6.45, 7) is 1.82. The quantitative estimate of drug-likeness (QED) is 0.599. The van der Waals surface area contributed by atoms with Gasteiger partial charge in [0, 0.05) is 5.69 Å². The predicted molar refractivity (Wildman–Crippen MR) is 94.6 cm³/mol. The number of benzene rings is 1. The number of fused-ring (bicyclic) bond motifs is 1. The highest BCUT2D eigenvalue weighted by molar-refractivity contribution is 8.03. The Morgan fingerprint density at radius 3 is 2.74 bits per heavy atom. The Morgan fingerprint density at radius 1 is 1.26 bits per heavy atom. The summed E-state index contributed by atoms with van der Waals surface area (Å²) in [5, 5.41) is 10.6. The van der Waals surface area contributed by atoms with E-state index in [0.717, 1.165) is 8.68 Å². The van der Waals surface area contributed by atoms with E-state index >= 15 is 0 Å². The molecule has 0 saturated heterocycles. The largest absolute Gasteiger partial charge is 0.325 e. The van der Waals surface area contributed by atoms with Crippen molar-refractivity contribution < 1.29 is 4.79 Å². The first-order valence-corrected chi connectivity index (χ1v) is 9.54. The van der Waals surface area contributed by atoms with Crippen LogP contribution in [0.4, 0.5) is 5.69 Å². The van der Waals surface area contributed by atoms with Crippen molar-refractivity contribution in [3.05, 3.63) is 28.7 Å². The van der Waals surface area contributed by atoms with Crippen molar-refractivity contribution in [2.24, 2.45) is 0 Å². The molecule has 1 aromatic carbocycles. The van der Waals surface area contributed by atoms with Crippen LogP contribution in [0.3, 0.4) is 0 Å². The van der Waals surface area contributed by atoms with Crippen molar-refractivity contribution >= 4 is 57.5 Å². The number of anilines is 1. The molecule has 0 aliphatic heterocycles. The Labute approximate surface area is 143 Å². The van der Waals surface area contributed by atoms with E-state index in [0.29, 0.717) is 16.7 Å². The van der Waals surface area contributed by atoms with Crippen LogP contribution in [0.5, 0.6) is 0 Å². The van der Waals surface area contributed by atoms with Gasteiger partial charge in [0.05, 0.1) is 16.3 Å². The number of amides is 1. The van der Waals surface area contributed by atoms with Gasteiger partial charge in [-0.1, -0.05) is 34.9 Å². The van der Waals surface area contributed by atoms with Crippen LogP contribution in [-0.4, -0.2) is 37.6 Å². The maximum absolute atomic E-state index is 12.3. The molecule has 3 aromatic rings. The molecule has 3 rings (SSSR count). The highest BCUT2D eigenvalue weighted by Gasteiger charge is 2.17. The van der Waals surface area contributed by atoms with Crippen LogP contribution < -0.4 is 11.0 Å². The molecule has 3 N–H and O–H groups in total. The minimum absolute atomic E-state index is 0.131. The average Bonchev–Trinajstić information content (AvgIpc) is 3.11. The number of H-pyrrole nitrogens is 2. The van der Waals surface area contributed by atoms with Crippen molar-refractivity contribution in [2.45, 2.75) is 20.9 Å². The lowest BCUT2D eigenvalue weighted by atomic mass is 10.2. The van der Waals surface area contributed by atoms with Crippen molar-refractivity contribution in [1.82, 2.24) is 20.2 Å². The van der Waals surface area contributed by atoms with Gasteiger partial charge in [0.2, 0.25) is 5.91 Å². The van der Waals surface area contributed by atoms with Gasteiger partial charge in [0.25, 0.3) is 0 Å². The van der Waals surface area contributed by atoms with E-state index in [1.165, 1.54) is 34.9 Å². The first kappa shape index (κ1) is 16.1. The van der Waals surface area contributed by atoms with Crippen LogP contribution in [0.1, 0.15) is 6.92 Å². The van der Waals surface area contributed by atoms with E-state index in [4.69, 9.17) is 0 Å². The van der Waals surface area contributed by atoms with Gasteiger partial charge in [-0.2, -0.15) is 0 Å². The van der Waals surface area contributed by atoms with Gasteiger partial charge >= 0.3 is 5.69 Å². The van der Waals surface area contributed by atoms with E-state index in [9.17, 15) is 9.59 Å². The van der Waals surface area contributed by atoms with Crippen LogP contribution in [-0.2, 0) is 4.79 Å². The molecule has 0 spiro atoms. The Kier molecular flexibility index (Phi) is 4.74. The monoisotopic (exact) mass is 367 g/mol. The van der Waals surface area contributed by atoms with Crippen molar-refractivity contribution in [3.8, 4) is 0 Å². The number of rotatable bonds is 5. The molecule has 1 atom stereocenters. The molecule has 0 bridgehead atoms. The van der Waals surface area contributed by atoms with E-state index in [2.05, 4.69) is 25.5 Å². The van der Waals surface area contributed by atoms with E-state index in [1.54, 1.807) is 18.2 Å². The predicted octanol–water partition coefficient (Wildman–Crippen LogP) is 2.55. The van der Waals surface area contributed by atoms with Crippen LogP contribution in [0.2, 0.25) is 0 Å². The zero-order valence-corrected chi connectivity index (χ0v) is 14.7. The molecule has 0 radical (unpaired) electrons. The summed E-state index contributed by atoms with van der Waals surface area (Å²) in [6.07, 6.45) is 1.94. The third-order valence-electron chi connectivity index (χ3n) is 2.99. The van der Waals surface area contributed by atoms with E-state index < -0.39 is 0 Å². The molecular formula is C13H13N5O2S3. The molecule has 7 nitrogen and oxygen atoms in total. The summed E-state index contributed by atoms with van der Waals surface area (Å²) in [4.78, 5) is 28.8. The fraction of sp³-hybridized carbons (Fsp3) is 0.231. The molecule has 120 valence electrons. The number of carbonyl (C=O) groups excluding carboxylic acids is 1. The fourth-order valence-electron chi connectivity index (χ4n) is 1.89. The maximum Gasteiger partial charge on any atom is 0.323 e. The SMILES string of the molecule is CSc1nnc(SC(C)C(=O)Nc2ccc3[nH]c(=O)[nH]c3c2)s1. The second kappa shape index (κ2) is 6.77. The lowest BCUT2D eigenvalue weighted by Gasteiger charge is -2.10. The van der Waals surface area contributed by atoms with E-state index in [-0.39, 0.29) is 16.8 Å². The number of hydrogen-bond donors (Lipinski definition) is 3. The van der Waals surface area contributed by atoms with E-state index in [1.807, 2.05) is 13.2 Å². The topological polar surface area (TPSA) is 104 Å². The highest BCUT2D eigenvalue weighted by Crippen LogP contribution is 2.30. The summed E-state index contributed by atoms with van der Waals surface area (Å²) in [6, 6.07) is 5.22. The van der Waals surface area contributed by atoms with Crippen molar-refractivity contribution in [2.75, 3.05) is 11.6 Å². The van der Waals surface area contributed by atoms with Crippen LogP contribution >= 0.6 is 34.9 Å². The number of aromatic amines is 2. The highest BCUT2D eigenvalue weighted by atomic mass is 32.2. The number of thioether (sulfide) groups is 2. The molecule has 1 unspecified atom stereocenters. The van der Waals surface area contributed by atoms with Gasteiger partial charge in [-0.15, -0.1) is 10.2 Å². The summed E-state index contributed by atoms with van der Waals surface area (Å²) in [5.41, 5.74) is 1.72. The first-order chi connectivity index (χ1) is 11.0. The Hall–Kier alpha value is -1.78. The van der Waals surface area contributed by atoms with Crippen molar-refractivity contribution in [3.63, 3.8) is 0 Å². The van der Waals surface area contributed by atoms with Crippen LogP contribution in [0, 0.1) is 0 Å². The molecule has 0 aliphatic carbocycles. The first-order valence-electron chi connectivity index (χ1n) is 6.62. The second-order valence-electron chi connectivity index (χ2n) is 4.63. The smallest absolute Gasteiger partial charge is 0.323 e. The standard InChI is InChI=1S/C13H13N5O2S3/c1-6(22-13-18-17-12(21-2)23-13)10(19)14-7-3-4-8-9(5-7)16-11(20)15-8/h3-6H,1-2H3,(H,14,19)(H2,15,16,20). The molecule has 2 aromatic heterocycles. The molecule has 10 heteroatoms. The lowest BCUT2D eigenvalue weighted by molar-refractivity contribution is -0.115. The third kappa shape index (κ3) is 3.77. The fourth-order valence-corrected chi connectivity index (χ4v) is 4.47. The van der Waals surface area contributed by atoms with Gasteiger partial charge in [-0.05, 0) is 31.4 Å². The zero-order chi connectivity index (χ0) is 16.4. The molecule has 23 heavy (non-hydrogen) atoms. The molecule has 0 saturated carbocycles. The van der Waals surface area contributed by atoms with Gasteiger partial charge in [0.15, 0.2) is 8.68 Å². The molecular weight excluding hydrogens is 354 g/mol. The van der Waals surface area contributed by atoms with Gasteiger partial charge < -0.3 is 15.3 Å². The normalized spacial score (nSPS) is 12.4. The summed E-state index contributed by atoms with van der Waals surface area (Å²) in [7, 11) is 0. The minimum Gasteiger partial charge on any atom is -0.325 e. The van der Waals surface area contributed by atoms with Crippen LogP contribution in [0.15, 0.2) is 31.7 Å². The minimum atomic E-state index is -0.307. The number of imidazole rings is 1. The molecule has 2 heterocycles. The van der Waals surface area contributed by atoms with Crippen LogP contribution in [0.25, 0.3) is 11.0 Å². The molecule has 1 amide bonds. The zero-order valence-electron chi connectivity index (χ0n) is 12.2. The number of aromatic nitrogens is 4. The number of carbonyl (C=O) groups is 1. The third-order valence-corrected chi connectivity index (χ3v) is 6.08. The summed E-state index contributed by atoms with van der Waals surface area (Å²) < 4.78 is 1.64. The van der Waals surface area contributed by atoms with Gasteiger partial charge in [-0.3, -0.25) is 4.79 Å². The number of hydrogen-bond acceptors (Lipinski definition) is 7. The summed E-state index contributed by atoms with van der Waals surface area (Å²) >= 11 is 4.37. The van der Waals surface area contributed by atoms with Crippen molar-refractivity contribution in [1.29, 1.82) is 0 Å². The molecule has 0 aliphatic rings. The second-order valence-corrected chi connectivity index (χ2v) is 8.25. The Morgan fingerprint density at radius 2 is 2.00 bits per heavy atom. The average molecular weight is 367 g/mol. The summed E-state index contributed by atoms with van der Waals surface area (Å²) in [5.74, 6) is -0.131. The molecule has 0 fully saturated rings. The van der Waals surface area contributed by atoms with Gasteiger partial charge in [0.1, 0.15) is 0 Å². The van der Waals surface area contributed by atoms with Gasteiger partial charge in [-0.25, -0.2) is 4.79 Å². The lowest BCUT2D eigenvalue weighted by Crippen LogP contribution is -2.22.